The van der Waals surface area contributed by atoms with Gasteiger partial charge in [0.2, 0.25) is 0 Å². The van der Waals surface area contributed by atoms with Crippen molar-refractivity contribution < 1.29 is 9.59 Å². The maximum Gasteiger partial charge on any atom is 0.139 e. The van der Waals surface area contributed by atoms with Gasteiger partial charge in [0.1, 0.15) is 11.6 Å². The van der Waals surface area contributed by atoms with E-state index in [4.69, 9.17) is 0 Å². The molecule has 1 saturated carbocycles. The Morgan fingerprint density at radius 2 is 2.05 bits per heavy atom. The summed E-state index contributed by atoms with van der Waals surface area (Å²) in [5.41, 5.74) is 2.53. The Balaban J connectivity index is 2.09. The third-order valence-electron chi connectivity index (χ3n) is 5.62. The summed E-state index contributed by atoms with van der Waals surface area (Å²) in [6, 6.07) is 0. The summed E-state index contributed by atoms with van der Waals surface area (Å²) < 4.78 is 0. The van der Waals surface area contributed by atoms with Gasteiger partial charge in [-0.1, -0.05) is 30.7 Å². The average Bonchev–Trinajstić information content (AvgIpc) is 2.45. The van der Waals surface area contributed by atoms with Crippen LogP contribution in [0.25, 0.3) is 0 Å². The van der Waals surface area contributed by atoms with Crippen molar-refractivity contribution in [1.29, 1.82) is 0 Å². The molecule has 1 fully saturated rings. The van der Waals surface area contributed by atoms with Crippen molar-refractivity contribution >= 4 is 11.6 Å². The van der Waals surface area contributed by atoms with Gasteiger partial charge in [0.25, 0.3) is 0 Å². The van der Waals surface area contributed by atoms with Crippen LogP contribution in [0.5, 0.6) is 0 Å². The molecule has 0 aromatic rings. The number of carbonyl (C=O) groups excluding carboxylic acids is 2. The minimum atomic E-state index is -0.228. The molecule has 0 aromatic heterocycles. The van der Waals surface area contributed by atoms with Gasteiger partial charge in [0.15, 0.2) is 0 Å². The molecular weight excluding hydrogens is 260 g/mol. The second-order valence-electron chi connectivity index (χ2n) is 7.25. The predicted molar refractivity (Wildman–Crippen MR) is 86.0 cm³/mol. The molecule has 0 saturated heterocycles. The van der Waals surface area contributed by atoms with Gasteiger partial charge in [0, 0.05) is 18.3 Å². The molecule has 2 rings (SSSR count). The number of ketones is 2. The van der Waals surface area contributed by atoms with Gasteiger partial charge >= 0.3 is 0 Å². The lowest BCUT2D eigenvalue weighted by Crippen LogP contribution is -2.51. The van der Waals surface area contributed by atoms with Crippen molar-refractivity contribution in [2.45, 2.75) is 65.7 Å². The average molecular weight is 288 g/mol. The molecule has 0 aromatic carbocycles. The zero-order chi connectivity index (χ0) is 15.6. The largest absolute Gasteiger partial charge is 0.300 e. The number of Topliss-reactive ketones (excluding diaryl/α,β-unsaturated/α-hetero) is 2. The van der Waals surface area contributed by atoms with Gasteiger partial charge in [-0.15, -0.1) is 0 Å². The van der Waals surface area contributed by atoms with Gasteiger partial charge in [-0.05, 0) is 57.8 Å². The van der Waals surface area contributed by atoms with E-state index in [2.05, 4.69) is 26.5 Å². The minimum absolute atomic E-state index is 0.112. The van der Waals surface area contributed by atoms with Crippen LogP contribution in [0.3, 0.4) is 0 Å². The predicted octanol–water partition coefficient (Wildman–Crippen LogP) is 4.64. The topological polar surface area (TPSA) is 34.1 Å². The highest BCUT2D eigenvalue weighted by molar-refractivity contribution is 5.89. The molecule has 2 aliphatic rings. The zero-order valence-corrected chi connectivity index (χ0v) is 13.7. The lowest BCUT2D eigenvalue weighted by Gasteiger charge is -2.53. The number of hydrogen-bond donors (Lipinski definition) is 0. The standard InChI is InChI=1S/C19H28O2/c1-13-6-5-7-14(2)16-12-19(4,17(16)10-8-13)18(21)11-9-15(3)20/h6,16-17H,2,5,7-12H2,1,3-4H3/b13-6+/t16-,17-,19-/m1/s1. The molecule has 0 radical (unpaired) electrons. The van der Waals surface area contributed by atoms with Crippen LogP contribution in [0, 0.1) is 17.3 Å². The Kier molecular flexibility index (Phi) is 4.85. The molecule has 116 valence electrons. The summed E-state index contributed by atoms with van der Waals surface area (Å²) in [7, 11) is 0. The van der Waals surface area contributed by atoms with Crippen molar-refractivity contribution in [3.8, 4) is 0 Å². The van der Waals surface area contributed by atoms with Crippen LogP contribution in [0.4, 0.5) is 0 Å². The monoisotopic (exact) mass is 288 g/mol. The van der Waals surface area contributed by atoms with E-state index in [-0.39, 0.29) is 17.0 Å². The van der Waals surface area contributed by atoms with Gasteiger partial charge < -0.3 is 4.79 Å². The highest BCUT2D eigenvalue weighted by atomic mass is 16.1. The number of allylic oxidation sites excluding steroid dienone is 3. The van der Waals surface area contributed by atoms with Gasteiger partial charge in [-0.3, -0.25) is 4.79 Å². The highest BCUT2D eigenvalue weighted by Gasteiger charge is 2.54. The van der Waals surface area contributed by atoms with Gasteiger partial charge in [-0.2, -0.15) is 0 Å². The third-order valence-corrected chi connectivity index (χ3v) is 5.62. The summed E-state index contributed by atoms with van der Waals surface area (Å²) in [6.45, 7) is 10.1. The molecule has 0 N–H and O–H groups in total. The fourth-order valence-electron chi connectivity index (χ4n) is 4.05. The Hall–Kier alpha value is -1.18. The third kappa shape index (κ3) is 3.36. The molecule has 2 heteroatoms. The smallest absolute Gasteiger partial charge is 0.139 e. The van der Waals surface area contributed by atoms with E-state index in [9.17, 15) is 9.59 Å². The van der Waals surface area contributed by atoms with Crippen LogP contribution >= 0.6 is 0 Å². The molecule has 0 spiro atoms. The van der Waals surface area contributed by atoms with Gasteiger partial charge in [-0.25, -0.2) is 0 Å². The maximum absolute atomic E-state index is 12.6. The quantitative estimate of drug-likeness (QED) is 0.706. The Morgan fingerprint density at radius 1 is 1.33 bits per heavy atom. The van der Waals surface area contributed by atoms with E-state index in [0.29, 0.717) is 24.7 Å². The van der Waals surface area contributed by atoms with Crippen molar-refractivity contribution in [3.63, 3.8) is 0 Å². The molecule has 3 atom stereocenters. The SMILES string of the molecule is C=C1CC/C=C(\C)CC[C@@H]2[C@@H]1C[C@@]2(C)C(=O)CCC(C)=O. The Morgan fingerprint density at radius 3 is 2.71 bits per heavy atom. The molecule has 0 heterocycles. The van der Waals surface area contributed by atoms with E-state index in [1.807, 2.05) is 0 Å². The molecule has 2 aliphatic carbocycles. The summed E-state index contributed by atoms with van der Waals surface area (Å²) >= 11 is 0. The van der Waals surface area contributed by atoms with Crippen molar-refractivity contribution in [1.82, 2.24) is 0 Å². The maximum atomic E-state index is 12.6. The second-order valence-corrected chi connectivity index (χ2v) is 7.25. The molecule has 0 unspecified atom stereocenters. The van der Waals surface area contributed by atoms with Crippen LogP contribution in [0.1, 0.15) is 65.7 Å². The number of hydrogen-bond acceptors (Lipinski definition) is 2. The summed E-state index contributed by atoms with van der Waals surface area (Å²) in [4.78, 5) is 23.7. The lowest BCUT2D eigenvalue weighted by molar-refractivity contribution is -0.143. The first kappa shape index (κ1) is 16.2. The normalized spacial score (nSPS) is 35.4. The van der Waals surface area contributed by atoms with Crippen molar-refractivity contribution in [3.05, 3.63) is 23.8 Å². The van der Waals surface area contributed by atoms with Crippen molar-refractivity contribution in [2.24, 2.45) is 17.3 Å². The first-order valence-electron chi connectivity index (χ1n) is 8.20. The fraction of sp³-hybridized carbons (Fsp3) is 0.684. The van der Waals surface area contributed by atoms with E-state index < -0.39 is 0 Å². The lowest BCUT2D eigenvalue weighted by atomic mass is 9.49. The molecule has 0 bridgehead atoms. The molecule has 21 heavy (non-hydrogen) atoms. The van der Waals surface area contributed by atoms with Gasteiger partial charge in [0.05, 0.1) is 0 Å². The van der Waals surface area contributed by atoms with Crippen LogP contribution in [-0.2, 0) is 9.59 Å². The summed E-state index contributed by atoms with van der Waals surface area (Å²) in [5.74, 6) is 1.33. The molecule has 0 aliphatic heterocycles. The first-order valence-corrected chi connectivity index (χ1v) is 8.20. The van der Waals surface area contributed by atoms with E-state index in [0.717, 1.165) is 32.1 Å². The molecule has 0 amide bonds. The second kappa shape index (κ2) is 6.29. The van der Waals surface area contributed by atoms with Crippen LogP contribution in [0.15, 0.2) is 23.8 Å². The fourth-order valence-corrected chi connectivity index (χ4v) is 4.05. The van der Waals surface area contributed by atoms with Crippen molar-refractivity contribution in [2.75, 3.05) is 0 Å². The van der Waals surface area contributed by atoms with E-state index >= 15 is 0 Å². The first-order chi connectivity index (χ1) is 9.84. The molecule has 2 nitrogen and oxygen atoms in total. The van der Waals surface area contributed by atoms with Crippen LogP contribution in [0.2, 0.25) is 0 Å². The van der Waals surface area contributed by atoms with Crippen LogP contribution < -0.4 is 0 Å². The zero-order valence-electron chi connectivity index (χ0n) is 13.7. The highest BCUT2D eigenvalue weighted by Crippen LogP contribution is 2.57. The number of fused-ring (bicyclic) bond motifs is 1. The molecular formula is C19H28O2. The Labute approximate surface area is 128 Å². The Bertz CT molecular complexity index is 486. The van der Waals surface area contributed by atoms with E-state index in [1.54, 1.807) is 6.92 Å². The number of rotatable bonds is 4. The summed E-state index contributed by atoms with van der Waals surface area (Å²) in [6.07, 6.45) is 8.37. The summed E-state index contributed by atoms with van der Waals surface area (Å²) in [5, 5.41) is 0. The van der Waals surface area contributed by atoms with E-state index in [1.165, 1.54) is 11.1 Å². The minimum Gasteiger partial charge on any atom is -0.300 e. The van der Waals surface area contributed by atoms with Crippen LogP contribution in [-0.4, -0.2) is 11.6 Å². The number of carbonyl (C=O) groups is 2.